The Bertz CT molecular complexity index is 1140. The minimum Gasteiger partial charge on any atom is -0.484 e. The number of hydrogen-bond acceptors (Lipinski definition) is 7. The fourth-order valence-electron chi connectivity index (χ4n) is 3.07. The van der Waals surface area contributed by atoms with Gasteiger partial charge in [-0.25, -0.2) is 9.97 Å². The molecule has 0 aliphatic heterocycles. The molecule has 0 unspecified atom stereocenters. The van der Waals surface area contributed by atoms with Gasteiger partial charge >= 0.3 is 0 Å². The van der Waals surface area contributed by atoms with Gasteiger partial charge in [0.2, 0.25) is 0 Å². The van der Waals surface area contributed by atoms with Crippen molar-refractivity contribution in [3.8, 4) is 5.75 Å². The first-order valence-electron chi connectivity index (χ1n) is 9.84. The third kappa shape index (κ3) is 5.48. The van der Waals surface area contributed by atoms with Gasteiger partial charge in [-0.05, 0) is 47.5 Å². The summed E-state index contributed by atoms with van der Waals surface area (Å²) in [5, 5.41) is 3.26. The number of Topliss-reactive ketones (excluding diaryl/α,β-unsaturated/α-hetero) is 1. The van der Waals surface area contributed by atoms with Crippen LogP contribution in [-0.4, -0.2) is 15.8 Å². The summed E-state index contributed by atoms with van der Waals surface area (Å²) in [7, 11) is 0. The summed E-state index contributed by atoms with van der Waals surface area (Å²) in [5.41, 5.74) is 9.00. The summed E-state index contributed by atoms with van der Waals surface area (Å²) in [6.45, 7) is 0.894. The van der Waals surface area contributed by atoms with Gasteiger partial charge in [0, 0.05) is 19.2 Å². The van der Waals surface area contributed by atoms with Gasteiger partial charge in [0.25, 0.3) is 0 Å². The Morgan fingerprint density at radius 3 is 2.71 bits per heavy atom. The number of anilines is 2. The first-order chi connectivity index (χ1) is 15.2. The monoisotopic (exact) mass is 414 g/mol. The number of aromatic nitrogens is 2. The predicted molar refractivity (Wildman–Crippen MR) is 118 cm³/mol. The van der Waals surface area contributed by atoms with E-state index in [9.17, 15) is 4.79 Å². The number of benzene rings is 1. The average Bonchev–Trinajstić information content (AvgIpc) is 3.31. The molecule has 0 spiro atoms. The molecule has 7 nitrogen and oxygen atoms in total. The van der Waals surface area contributed by atoms with E-state index in [2.05, 4.69) is 15.3 Å². The van der Waals surface area contributed by atoms with Crippen LogP contribution in [0.25, 0.3) is 0 Å². The Balaban J connectivity index is 1.33. The summed E-state index contributed by atoms with van der Waals surface area (Å²) < 4.78 is 10.8. The molecule has 3 aromatic heterocycles. The number of carbonyl (C=O) groups excluding carboxylic acids is 1. The van der Waals surface area contributed by atoms with E-state index in [1.54, 1.807) is 36.9 Å². The number of nitrogens with two attached hydrogens (primary N) is 1. The molecular weight excluding hydrogens is 392 g/mol. The van der Waals surface area contributed by atoms with Crippen LogP contribution in [0.1, 0.15) is 27.4 Å². The molecule has 3 heterocycles. The maximum absolute atomic E-state index is 12.6. The number of nitrogens with zero attached hydrogens (tertiary/aromatic N) is 2. The molecule has 31 heavy (non-hydrogen) atoms. The maximum Gasteiger partial charge on any atom is 0.185 e. The topological polar surface area (TPSA) is 103 Å². The first-order valence-corrected chi connectivity index (χ1v) is 9.84. The van der Waals surface area contributed by atoms with E-state index in [-0.39, 0.29) is 12.2 Å². The van der Waals surface area contributed by atoms with E-state index in [0.717, 1.165) is 22.6 Å². The second-order valence-electron chi connectivity index (χ2n) is 6.96. The summed E-state index contributed by atoms with van der Waals surface area (Å²) in [6.07, 6.45) is 5.06. The zero-order valence-electron chi connectivity index (χ0n) is 16.8. The van der Waals surface area contributed by atoms with Crippen molar-refractivity contribution < 1.29 is 13.9 Å². The predicted octanol–water partition coefficient (Wildman–Crippen LogP) is 4.27. The van der Waals surface area contributed by atoms with Crippen LogP contribution < -0.4 is 15.8 Å². The van der Waals surface area contributed by atoms with Crippen molar-refractivity contribution in [3.05, 3.63) is 102 Å². The molecule has 0 aliphatic carbocycles. The summed E-state index contributed by atoms with van der Waals surface area (Å²) in [4.78, 5) is 21.0. The molecule has 0 aliphatic rings. The van der Waals surface area contributed by atoms with Crippen LogP contribution in [0, 0.1) is 0 Å². The van der Waals surface area contributed by atoms with Crippen molar-refractivity contribution >= 4 is 17.3 Å². The highest BCUT2D eigenvalue weighted by Crippen LogP contribution is 2.17. The molecule has 4 aromatic rings. The van der Waals surface area contributed by atoms with Crippen molar-refractivity contribution in [2.24, 2.45) is 0 Å². The second kappa shape index (κ2) is 9.58. The van der Waals surface area contributed by atoms with Crippen LogP contribution >= 0.6 is 0 Å². The van der Waals surface area contributed by atoms with E-state index in [0.29, 0.717) is 30.4 Å². The number of rotatable bonds is 9. The summed E-state index contributed by atoms with van der Waals surface area (Å²) >= 11 is 0. The SMILES string of the molecule is Nc1ncccc1NCc1cccc(CC(=O)c2ccc(OCc3ccco3)cn2)c1. The molecule has 0 bridgehead atoms. The van der Waals surface area contributed by atoms with Crippen molar-refractivity contribution in [1.29, 1.82) is 0 Å². The molecule has 0 radical (unpaired) electrons. The third-order valence-electron chi connectivity index (χ3n) is 4.66. The lowest BCUT2D eigenvalue weighted by Gasteiger charge is -2.09. The number of ketones is 1. The van der Waals surface area contributed by atoms with Crippen molar-refractivity contribution in [2.75, 3.05) is 11.1 Å². The van der Waals surface area contributed by atoms with Gasteiger partial charge in [0.15, 0.2) is 5.78 Å². The zero-order valence-corrected chi connectivity index (χ0v) is 16.8. The van der Waals surface area contributed by atoms with Crippen LogP contribution in [0.4, 0.5) is 11.5 Å². The number of nitrogen functional groups attached to an aromatic ring is 1. The van der Waals surface area contributed by atoms with Gasteiger partial charge in [0.05, 0.1) is 18.1 Å². The molecule has 1 aromatic carbocycles. The largest absolute Gasteiger partial charge is 0.484 e. The molecule has 0 saturated heterocycles. The Kier molecular flexibility index (Phi) is 6.23. The highest BCUT2D eigenvalue weighted by molar-refractivity contribution is 5.95. The van der Waals surface area contributed by atoms with Gasteiger partial charge < -0.3 is 20.2 Å². The molecule has 0 fully saturated rings. The van der Waals surface area contributed by atoms with E-state index < -0.39 is 0 Å². The lowest BCUT2D eigenvalue weighted by atomic mass is 10.0. The van der Waals surface area contributed by atoms with E-state index in [4.69, 9.17) is 14.9 Å². The van der Waals surface area contributed by atoms with Gasteiger partial charge in [-0.1, -0.05) is 24.3 Å². The Labute approximate surface area is 179 Å². The van der Waals surface area contributed by atoms with E-state index in [1.807, 2.05) is 42.5 Å². The smallest absolute Gasteiger partial charge is 0.185 e. The van der Waals surface area contributed by atoms with Crippen molar-refractivity contribution in [1.82, 2.24) is 9.97 Å². The molecular formula is C24H22N4O3. The van der Waals surface area contributed by atoms with Crippen LogP contribution in [0.15, 0.2) is 83.7 Å². The number of ether oxygens (including phenoxy) is 1. The number of carbonyl (C=O) groups is 1. The lowest BCUT2D eigenvalue weighted by molar-refractivity contribution is 0.0988. The zero-order chi connectivity index (χ0) is 21.5. The number of nitrogens with one attached hydrogen (secondary N) is 1. The fourth-order valence-corrected chi connectivity index (χ4v) is 3.07. The number of pyridine rings is 2. The van der Waals surface area contributed by atoms with E-state index >= 15 is 0 Å². The van der Waals surface area contributed by atoms with Gasteiger partial charge in [-0.2, -0.15) is 0 Å². The van der Waals surface area contributed by atoms with Crippen LogP contribution in [0.3, 0.4) is 0 Å². The van der Waals surface area contributed by atoms with Crippen molar-refractivity contribution in [3.63, 3.8) is 0 Å². The normalized spacial score (nSPS) is 10.6. The summed E-state index contributed by atoms with van der Waals surface area (Å²) in [6, 6.07) is 18.6. The Morgan fingerprint density at radius 2 is 1.94 bits per heavy atom. The molecule has 0 saturated carbocycles. The molecule has 156 valence electrons. The maximum atomic E-state index is 12.6. The molecule has 0 amide bonds. The van der Waals surface area contributed by atoms with Crippen LogP contribution in [0.5, 0.6) is 5.75 Å². The summed E-state index contributed by atoms with van der Waals surface area (Å²) in [5.74, 6) is 1.70. The Morgan fingerprint density at radius 1 is 1.03 bits per heavy atom. The highest BCUT2D eigenvalue weighted by Gasteiger charge is 2.10. The molecule has 0 atom stereocenters. The number of hydrogen-bond donors (Lipinski definition) is 2. The van der Waals surface area contributed by atoms with Gasteiger partial charge in [0.1, 0.15) is 29.6 Å². The van der Waals surface area contributed by atoms with E-state index in [1.165, 1.54) is 0 Å². The third-order valence-corrected chi connectivity index (χ3v) is 4.66. The number of furan rings is 1. The average molecular weight is 414 g/mol. The standard InChI is InChI=1S/C24H22N4O3/c25-24-22(7-2-10-26-24)27-14-18-5-1-4-17(12-18)13-23(29)21-9-8-19(15-28-21)31-16-20-6-3-11-30-20/h1-12,15,27H,13-14,16H2,(H2,25,26). The van der Waals surface area contributed by atoms with Gasteiger partial charge in [-0.15, -0.1) is 0 Å². The molecule has 4 rings (SSSR count). The quantitative estimate of drug-likeness (QED) is 0.394. The highest BCUT2D eigenvalue weighted by atomic mass is 16.5. The fraction of sp³-hybridized carbons (Fsp3) is 0.125. The molecule has 7 heteroatoms. The second-order valence-corrected chi connectivity index (χ2v) is 6.96. The van der Waals surface area contributed by atoms with Gasteiger partial charge in [-0.3, -0.25) is 4.79 Å². The molecule has 3 N–H and O–H groups in total. The van der Waals surface area contributed by atoms with Crippen LogP contribution in [-0.2, 0) is 19.6 Å². The Hall–Kier alpha value is -4.13. The first kappa shape index (κ1) is 20.2. The van der Waals surface area contributed by atoms with Crippen LogP contribution in [0.2, 0.25) is 0 Å². The minimum absolute atomic E-state index is 0.0563. The minimum atomic E-state index is -0.0563. The van der Waals surface area contributed by atoms with Crippen molar-refractivity contribution in [2.45, 2.75) is 19.6 Å². The lowest BCUT2D eigenvalue weighted by Crippen LogP contribution is -2.07.